The summed E-state index contributed by atoms with van der Waals surface area (Å²) in [6, 6.07) is 9.47. The number of unbranched alkanes of at least 4 members (excludes halogenated alkanes) is 1. The Bertz CT molecular complexity index is 1040. The molecule has 158 valence electrons. The molecule has 1 aliphatic carbocycles. The van der Waals surface area contributed by atoms with E-state index in [-0.39, 0.29) is 5.91 Å². The van der Waals surface area contributed by atoms with Crippen LogP contribution in [0.15, 0.2) is 36.5 Å². The number of aromatic nitrogens is 3. The van der Waals surface area contributed by atoms with Crippen molar-refractivity contribution < 1.29 is 4.79 Å². The van der Waals surface area contributed by atoms with Gasteiger partial charge in [-0.2, -0.15) is 0 Å². The van der Waals surface area contributed by atoms with E-state index in [0.29, 0.717) is 34.7 Å². The number of nitrogens with zero attached hydrogens (tertiary/aromatic N) is 4. The number of hydrogen-bond acceptors (Lipinski definition) is 3. The Kier molecular flexibility index (Phi) is 6.59. The van der Waals surface area contributed by atoms with Crippen molar-refractivity contribution in [3.8, 4) is 0 Å². The maximum absolute atomic E-state index is 13.4. The van der Waals surface area contributed by atoms with E-state index < -0.39 is 0 Å². The lowest BCUT2D eigenvalue weighted by Gasteiger charge is -2.25. The number of fused-ring (bicyclic) bond motifs is 1. The second kappa shape index (κ2) is 9.36. The van der Waals surface area contributed by atoms with Crippen LogP contribution in [-0.2, 0) is 6.54 Å². The highest BCUT2D eigenvalue weighted by Gasteiger charge is 2.26. The average molecular weight is 445 g/mol. The van der Waals surface area contributed by atoms with Gasteiger partial charge in [0.25, 0.3) is 5.91 Å². The maximum Gasteiger partial charge on any atom is 0.255 e. The largest absolute Gasteiger partial charge is 0.331 e. The van der Waals surface area contributed by atoms with Crippen LogP contribution >= 0.6 is 23.2 Å². The van der Waals surface area contributed by atoms with Crippen LogP contribution in [0.4, 0.5) is 0 Å². The first-order valence-electron chi connectivity index (χ1n) is 10.6. The first kappa shape index (κ1) is 21.1. The normalized spacial score (nSPS) is 14.5. The molecule has 1 saturated carbocycles. The fourth-order valence-corrected chi connectivity index (χ4v) is 4.63. The molecule has 7 heteroatoms. The fourth-order valence-electron chi connectivity index (χ4n) is 4.25. The summed E-state index contributed by atoms with van der Waals surface area (Å²) in [5.41, 5.74) is 2.22. The van der Waals surface area contributed by atoms with Crippen LogP contribution in [0.5, 0.6) is 0 Å². The lowest BCUT2D eigenvalue weighted by molar-refractivity contribution is 0.0734. The summed E-state index contributed by atoms with van der Waals surface area (Å²) in [6.07, 6.45) is 8.39. The molecule has 1 aromatic carbocycles. The number of benzene rings is 1. The highest BCUT2D eigenvalue weighted by molar-refractivity contribution is 6.43. The van der Waals surface area contributed by atoms with Gasteiger partial charge in [-0.3, -0.25) is 4.79 Å². The third kappa shape index (κ3) is 4.19. The summed E-state index contributed by atoms with van der Waals surface area (Å²) in [6.45, 7) is 3.18. The Labute approximate surface area is 187 Å². The van der Waals surface area contributed by atoms with Gasteiger partial charge in [0.05, 0.1) is 22.2 Å². The predicted octanol–water partition coefficient (Wildman–Crippen LogP) is 6.30. The van der Waals surface area contributed by atoms with Gasteiger partial charge < -0.3 is 9.47 Å². The van der Waals surface area contributed by atoms with Crippen LogP contribution in [0.2, 0.25) is 10.0 Å². The Morgan fingerprint density at radius 2 is 2.00 bits per heavy atom. The fraction of sp³-hybridized carbons (Fsp3) is 0.435. The SMILES string of the molecule is CCCCN(Cc1nc2cccnc2n1C1CCCC1)C(=O)c1cccc(Cl)c1Cl. The summed E-state index contributed by atoms with van der Waals surface area (Å²) >= 11 is 12.5. The standard InChI is InChI=1S/C23H26Cl2N4O/c1-2-3-14-28(23(30)17-10-6-11-18(24)21(17)25)15-20-27-19-12-7-13-26-22(19)29(20)16-8-4-5-9-16/h6-7,10-13,16H,2-5,8-9,14-15H2,1H3. The van der Waals surface area contributed by atoms with Gasteiger partial charge in [0, 0.05) is 18.8 Å². The molecule has 3 aromatic rings. The van der Waals surface area contributed by atoms with E-state index in [2.05, 4.69) is 16.5 Å². The average Bonchev–Trinajstić information content (AvgIpc) is 3.39. The van der Waals surface area contributed by atoms with Crippen LogP contribution in [0.3, 0.4) is 0 Å². The van der Waals surface area contributed by atoms with E-state index >= 15 is 0 Å². The molecule has 5 nitrogen and oxygen atoms in total. The van der Waals surface area contributed by atoms with Gasteiger partial charge in [-0.15, -0.1) is 0 Å². The van der Waals surface area contributed by atoms with Crippen molar-refractivity contribution in [3.63, 3.8) is 0 Å². The molecule has 30 heavy (non-hydrogen) atoms. The van der Waals surface area contributed by atoms with Gasteiger partial charge >= 0.3 is 0 Å². The molecular formula is C23H26Cl2N4O. The predicted molar refractivity (Wildman–Crippen MR) is 121 cm³/mol. The van der Waals surface area contributed by atoms with E-state index in [1.807, 2.05) is 23.2 Å². The second-order valence-electron chi connectivity index (χ2n) is 7.86. The molecule has 0 radical (unpaired) electrons. The lowest BCUT2D eigenvalue weighted by Crippen LogP contribution is -2.33. The molecule has 0 bridgehead atoms. The molecule has 0 unspecified atom stereocenters. The van der Waals surface area contributed by atoms with Crippen molar-refractivity contribution in [2.24, 2.45) is 0 Å². The summed E-state index contributed by atoms with van der Waals surface area (Å²) in [5.74, 6) is 0.771. The Morgan fingerprint density at radius 3 is 2.77 bits per heavy atom. The van der Waals surface area contributed by atoms with Crippen LogP contribution in [0, 0.1) is 0 Å². The molecule has 2 heterocycles. The van der Waals surface area contributed by atoms with E-state index in [4.69, 9.17) is 28.2 Å². The third-order valence-corrected chi connectivity index (χ3v) is 6.61. The van der Waals surface area contributed by atoms with Crippen molar-refractivity contribution >= 4 is 40.3 Å². The van der Waals surface area contributed by atoms with Crippen molar-refractivity contribution in [1.29, 1.82) is 0 Å². The molecule has 4 rings (SSSR count). The Hall–Kier alpha value is -2.11. The van der Waals surface area contributed by atoms with Gasteiger partial charge in [-0.05, 0) is 43.5 Å². The molecule has 0 aliphatic heterocycles. The van der Waals surface area contributed by atoms with E-state index in [1.54, 1.807) is 18.2 Å². The number of rotatable bonds is 7. The molecule has 1 aliphatic rings. The van der Waals surface area contributed by atoms with Crippen molar-refractivity contribution in [1.82, 2.24) is 19.4 Å². The molecule has 0 spiro atoms. The Morgan fingerprint density at radius 1 is 1.20 bits per heavy atom. The summed E-state index contributed by atoms with van der Waals surface area (Å²) in [7, 11) is 0. The molecule has 1 fully saturated rings. The highest BCUT2D eigenvalue weighted by Crippen LogP contribution is 2.34. The van der Waals surface area contributed by atoms with Crippen molar-refractivity contribution in [2.45, 2.75) is 58.0 Å². The zero-order valence-electron chi connectivity index (χ0n) is 17.2. The maximum atomic E-state index is 13.4. The van der Waals surface area contributed by atoms with Gasteiger partial charge in [-0.1, -0.05) is 55.5 Å². The zero-order chi connectivity index (χ0) is 21.1. The summed E-state index contributed by atoms with van der Waals surface area (Å²) in [4.78, 5) is 24.7. The first-order valence-corrected chi connectivity index (χ1v) is 11.4. The van der Waals surface area contributed by atoms with Crippen molar-refractivity contribution in [3.05, 3.63) is 58.0 Å². The van der Waals surface area contributed by atoms with Gasteiger partial charge in [0.1, 0.15) is 11.3 Å². The number of imidazole rings is 1. The van der Waals surface area contributed by atoms with Gasteiger partial charge in [0.15, 0.2) is 5.65 Å². The highest BCUT2D eigenvalue weighted by atomic mass is 35.5. The molecule has 0 atom stereocenters. The third-order valence-electron chi connectivity index (χ3n) is 5.79. The van der Waals surface area contributed by atoms with Gasteiger partial charge in [-0.25, -0.2) is 9.97 Å². The molecule has 1 amide bonds. The number of amides is 1. The minimum Gasteiger partial charge on any atom is -0.331 e. The minimum absolute atomic E-state index is 0.117. The van der Waals surface area contributed by atoms with Crippen LogP contribution in [0.1, 0.15) is 67.7 Å². The van der Waals surface area contributed by atoms with Gasteiger partial charge in [0.2, 0.25) is 0 Å². The number of hydrogen-bond donors (Lipinski definition) is 0. The molecule has 0 N–H and O–H groups in total. The second-order valence-corrected chi connectivity index (χ2v) is 8.65. The zero-order valence-corrected chi connectivity index (χ0v) is 18.7. The quantitative estimate of drug-likeness (QED) is 0.429. The molecule has 0 saturated heterocycles. The van der Waals surface area contributed by atoms with E-state index in [9.17, 15) is 4.79 Å². The minimum atomic E-state index is -0.117. The monoisotopic (exact) mass is 444 g/mol. The number of carbonyl (C=O) groups is 1. The van der Waals surface area contributed by atoms with Crippen LogP contribution < -0.4 is 0 Å². The van der Waals surface area contributed by atoms with Crippen LogP contribution in [-0.4, -0.2) is 31.9 Å². The lowest BCUT2D eigenvalue weighted by atomic mass is 10.1. The van der Waals surface area contributed by atoms with Crippen LogP contribution in [0.25, 0.3) is 11.2 Å². The topological polar surface area (TPSA) is 51.0 Å². The first-order chi connectivity index (χ1) is 14.6. The Balaban J connectivity index is 1.71. The van der Waals surface area contributed by atoms with Crippen molar-refractivity contribution in [2.75, 3.05) is 6.54 Å². The number of pyridine rings is 1. The number of halogens is 2. The van der Waals surface area contributed by atoms with E-state index in [1.165, 1.54) is 12.8 Å². The van der Waals surface area contributed by atoms with E-state index in [0.717, 1.165) is 42.7 Å². The smallest absolute Gasteiger partial charge is 0.255 e. The number of carbonyl (C=O) groups excluding carboxylic acids is 1. The summed E-state index contributed by atoms with van der Waals surface area (Å²) < 4.78 is 2.26. The molecular weight excluding hydrogens is 419 g/mol. The summed E-state index contributed by atoms with van der Waals surface area (Å²) in [5, 5.41) is 0.692. The molecule has 2 aromatic heterocycles.